The fourth-order valence-electron chi connectivity index (χ4n) is 7.57. The van der Waals surface area contributed by atoms with Crippen LogP contribution in [0.15, 0.2) is 24.3 Å². The Morgan fingerprint density at radius 1 is 0.474 bits per heavy atom. The van der Waals surface area contributed by atoms with Crippen LogP contribution in [0.1, 0.15) is 264 Å². The number of allylic oxidation sites excluding steroid dienone is 4. The second-order valence-corrected chi connectivity index (χ2v) is 17.1. The van der Waals surface area contributed by atoms with E-state index >= 15 is 0 Å². The molecule has 0 saturated carbocycles. The van der Waals surface area contributed by atoms with Gasteiger partial charge in [-0.05, 0) is 77.0 Å². The Morgan fingerprint density at radius 2 is 0.825 bits per heavy atom. The largest absolute Gasteiger partial charge is 0.466 e. The first-order valence-electron chi connectivity index (χ1n) is 25.1. The third-order valence-electron chi connectivity index (χ3n) is 11.5. The van der Waals surface area contributed by atoms with Crippen molar-refractivity contribution in [2.45, 2.75) is 276 Å². The van der Waals surface area contributed by atoms with Gasteiger partial charge >= 0.3 is 5.97 Å². The Labute approximate surface area is 354 Å². The maximum Gasteiger partial charge on any atom is 0.305 e. The maximum atomic E-state index is 12.4. The van der Waals surface area contributed by atoms with Crippen LogP contribution >= 0.6 is 0 Å². The maximum absolute atomic E-state index is 12.4. The molecule has 0 aliphatic rings. The Bertz CT molecular complexity index is 889. The molecule has 0 spiro atoms. The number of aliphatic hydroxyl groups excluding tert-OH is 2. The van der Waals surface area contributed by atoms with Crippen LogP contribution < -0.4 is 5.32 Å². The lowest BCUT2D eigenvalue weighted by Crippen LogP contribution is -2.45. The summed E-state index contributed by atoms with van der Waals surface area (Å²) in [5.41, 5.74) is 0. The number of carbonyl (C=O) groups excluding carboxylic acids is 2. The zero-order valence-corrected chi connectivity index (χ0v) is 38.1. The summed E-state index contributed by atoms with van der Waals surface area (Å²) in [7, 11) is 0. The molecule has 2 atom stereocenters. The summed E-state index contributed by atoms with van der Waals surface area (Å²) >= 11 is 0. The topological polar surface area (TPSA) is 95.9 Å². The van der Waals surface area contributed by atoms with Crippen molar-refractivity contribution in [2.24, 2.45) is 0 Å². The second-order valence-electron chi connectivity index (χ2n) is 17.1. The summed E-state index contributed by atoms with van der Waals surface area (Å²) in [6.07, 6.45) is 54.3. The molecule has 0 aromatic heterocycles. The highest BCUT2D eigenvalue weighted by molar-refractivity contribution is 5.76. The third-order valence-corrected chi connectivity index (χ3v) is 11.5. The molecule has 0 aromatic rings. The number of ether oxygens (including phenoxy) is 1. The van der Waals surface area contributed by atoms with E-state index in [9.17, 15) is 19.8 Å². The molecule has 6 heteroatoms. The van der Waals surface area contributed by atoms with Gasteiger partial charge in [0, 0.05) is 12.8 Å². The van der Waals surface area contributed by atoms with Gasteiger partial charge in [-0.3, -0.25) is 9.59 Å². The highest BCUT2D eigenvalue weighted by Gasteiger charge is 2.20. The lowest BCUT2D eigenvalue weighted by molar-refractivity contribution is -0.143. The number of unbranched alkanes of at least 4 members (excludes halogenated alkanes) is 31. The normalized spacial score (nSPS) is 12.8. The summed E-state index contributed by atoms with van der Waals surface area (Å²) < 4.78 is 5.45. The molecule has 0 aliphatic heterocycles. The molecule has 0 fully saturated rings. The molecule has 3 N–H and O–H groups in total. The summed E-state index contributed by atoms with van der Waals surface area (Å²) in [5.74, 6) is -0.0665. The van der Waals surface area contributed by atoms with Gasteiger partial charge in [0.15, 0.2) is 0 Å². The fraction of sp³-hybridized carbons (Fsp3) is 0.882. The number of amides is 1. The first-order valence-corrected chi connectivity index (χ1v) is 25.1. The van der Waals surface area contributed by atoms with Gasteiger partial charge in [-0.1, -0.05) is 199 Å². The number of nitrogens with one attached hydrogen (secondary N) is 1. The monoisotopic (exact) mass is 804 g/mol. The highest BCUT2D eigenvalue weighted by Crippen LogP contribution is 2.15. The predicted octanol–water partition coefficient (Wildman–Crippen LogP) is 14.7. The van der Waals surface area contributed by atoms with Gasteiger partial charge in [0.25, 0.3) is 0 Å². The molecular weight excluding hydrogens is 707 g/mol. The average molecular weight is 804 g/mol. The molecule has 0 aliphatic carbocycles. The summed E-state index contributed by atoms with van der Waals surface area (Å²) in [6.45, 7) is 4.89. The molecule has 0 radical (unpaired) electrons. The van der Waals surface area contributed by atoms with E-state index in [0.29, 0.717) is 25.9 Å². The molecule has 336 valence electrons. The summed E-state index contributed by atoms with van der Waals surface area (Å²) in [6, 6.07) is -0.551. The minimum atomic E-state index is -0.672. The summed E-state index contributed by atoms with van der Waals surface area (Å²) in [5, 5.41) is 23.1. The zero-order chi connectivity index (χ0) is 41.5. The van der Waals surface area contributed by atoms with Gasteiger partial charge < -0.3 is 20.3 Å². The van der Waals surface area contributed by atoms with Crippen molar-refractivity contribution in [3.63, 3.8) is 0 Å². The molecule has 0 bridgehead atoms. The molecule has 0 rings (SSSR count). The van der Waals surface area contributed by atoms with Crippen LogP contribution in [0.25, 0.3) is 0 Å². The quantitative estimate of drug-likeness (QED) is 0.0324. The van der Waals surface area contributed by atoms with E-state index in [1.165, 1.54) is 167 Å². The molecule has 57 heavy (non-hydrogen) atoms. The van der Waals surface area contributed by atoms with E-state index in [-0.39, 0.29) is 18.5 Å². The first-order chi connectivity index (χ1) is 28.0. The molecule has 2 unspecified atom stereocenters. The van der Waals surface area contributed by atoms with Crippen molar-refractivity contribution in [1.82, 2.24) is 5.32 Å². The second kappa shape index (κ2) is 47.0. The Morgan fingerprint density at radius 3 is 1.25 bits per heavy atom. The van der Waals surface area contributed by atoms with E-state index in [4.69, 9.17) is 4.74 Å². The Kier molecular flexibility index (Phi) is 45.7. The van der Waals surface area contributed by atoms with Crippen LogP contribution in [0.4, 0.5) is 0 Å². The third kappa shape index (κ3) is 43.7. The van der Waals surface area contributed by atoms with Crippen LogP contribution in [0.2, 0.25) is 0 Å². The molecule has 6 nitrogen and oxygen atoms in total. The van der Waals surface area contributed by atoms with Crippen LogP contribution in [-0.4, -0.2) is 47.4 Å². The van der Waals surface area contributed by atoms with Crippen LogP contribution in [0, 0.1) is 0 Å². The van der Waals surface area contributed by atoms with Crippen molar-refractivity contribution >= 4 is 11.9 Å². The van der Waals surface area contributed by atoms with Crippen molar-refractivity contribution in [1.29, 1.82) is 0 Å². The minimum Gasteiger partial charge on any atom is -0.466 e. The lowest BCUT2D eigenvalue weighted by atomic mass is 10.0. The molecule has 1 amide bonds. The van der Waals surface area contributed by atoms with Gasteiger partial charge in [-0.25, -0.2) is 0 Å². The van der Waals surface area contributed by atoms with E-state index in [2.05, 4.69) is 43.5 Å². The molecule has 0 saturated heterocycles. The van der Waals surface area contributed by atoms with Gasteiger partial charge in [0.1, 0.15) is 0 Å². The van der Waals surface area contributed by atoms with E-state index in [0.717, 1.165) is 64.2 Å². The number of esters is 1. The zero-order valence-electron chi connectivity index (χ0n) is 38.1. The van der Waals surface area contributed by atoms with Crippen molar-refractivity contribution in [3.05, 3.63) is 24.3 Å². The van der Waals surface area contributed by atoms with Gasteiger partial charge in [0.2, 0.25) is 5.91 Å². The van der Waals surface area contributed by atoms with E-state index in [1.807, 2.05) is 0 Å². The summed E-state index contributed by atoms with van der Waals surface area (Å²) in [4.78, 5) is 24.4. The standard InChI is InChI=1S/C51H97NO5/c1-3-5-7-9-11-13-15-16-22-25-29-33-37-41-45-51(56)57-46-42-38-34-30-26-23-20-18-17-19-21-24-28-32-36-40-44-50(55)52-48(47-53)49(54)43-39-35-31-27-14-12-10-8-6-4-2/h15-17,19,48-49,53-54H,3-14,18,20-47H2,1-2H3,(H,52,55)/b16-15-,19-17-. The molecule has 0 aromatic carbocycles. The van der Waals surface area contributed by atoms with Crippen molar-refractivity contribution in [2.75, 3.05) is 13.2 Å². The number of carbonyl (C=O) groups is 2. The van der Waals surface area contributed by atoms with Gasteiger partial charge in [-0.2, -0.15) is 0 Å². The minimum absolute atomic E-state index is 0.0119. The Balaban J connectivity index is 3.46. The van der Waals surface area contributed by atoms with Gasteiger partial charge in [-0.15, -0.1) is 0 Å². The number of aliphatic hydroxyl groups is 2. The SMILES string of the molecule is CCCCCCC/C=C\CCCCCCCC(=O)OCCCCCCCCC/C=C\CCCCCCCC(=O)NC(CO)C(O)CCCCCCCCCCCC. The molecule has 0 heterocycles. The fourth-order valence-corrected chi connectivity index (χ4v) is 7.57. The number of rotatable bonds is 46. The van der Waals surface area contributed by atoms with Crippen LogP contribution in [0.5, 0.6) is 0 Å². The number of hydrogen-bond acceptors (Lipinski definition) is 5. The van der Waals surface area contributed by atoms with Crippen molar-refractivity contribution < 1.29 is 24.5 Å². The number of hydrogen-bond donors (Lipinski definition) is 3. The van der Waals surface area contributed by atoms with E-state index in [1.54, 1.807) is 0 Å². The van der Waals surface area contributed by atoms with E-state index < -0.39 is 12.1 Å². The lowest BCUT2D eigenvalue weighted by Gasteiger charge is -2.22. The Hall–Kier alpha value is -1.66. The van der Waals surface area contributed by atoms with Crippen molar-refractivity contribution in [3.8, 4) is 0 Å². The molecular formula is C51H97NO5. The smallest absolute Gasteiger partial charge is 0.305 e. The highest BCUT2D eigenvalue weighted by atomic mass is 16.5. The average Bonchev–Trinajstić information content (AvgIpc) is 3.21. The van der Waals surface area contributed by atoms with Crippen LogP contribution in [-0.2, 0) is 14.3 Å². The van der Waals surface area contributed by atoms with Gasteiger partial charge in [0.05, 0.1) is 25.4 Å². The predicted molar refractivity (Wildman–Crippen MR) is 246 cm³/mol. The first kappa shape index (κ1) is 55.3. The van der Waals surface area contributed by atoms with Crippen LogP contribution in [0.3, 0.4) is 0 Å².